The second-order valence-electron chi connectivity index (χ2n) is 3.37. The predicted octanol–water partition coefficient (Wildman–Crippen LogP) is 1.35. The van der Waals surface area contributed by atoms with Crippen molar-refractivity contribution in [2.45, 2.75) is 6.92 Å². The van der Waals surface area contributed by atoms with Gasteiger partial charge < -0.3 is 15.5 Å². The van der Waals surface area contributed by atoms with Crippen LogP contribution in [0.2, 0.25) is 0 Å². The third-order valence-corrected chi connectivity index (χ3v) is 2.01. The Bertz CT molecular complexity index is 466. The first kappa shape index (κ1) is 12.9. The second kappa shape index (κ2) is 5.81. The van der Waals surface area contributed by atoms with E-state index in [0.29, 0.717) is 11.3 Å². The fraction of sp³-hybridized carbons (Fsp3) is 0.167. The number of nitrogens with one attached hydrogen (secondary N) is 1. The third-order valence-electron chi connectivity index (χ3n) is 2.01. The Hall–Kier alpha value is -2.14. The maximum absolute atomic E-state index is 11.0. The molecular formula is C12H13NO4. The molecule has 1 aromatic rings. The maximum atomic E-state index is 11.0. The van der Waals surface area contributed by atoms with Crippen molar-refractivity contribution >= 4 is 23.6 Å². The fourth-order valence-corrected chi connectivity index (χ4v) is 1.32. The number of carbonyl (C=O) groups excluding carboxylic acids is 1. The number of hydrogen-bond donors (Lipinski definition) is 3. The average Bonchev–Trinajstić information content (AvgIpc) is 2.26. The third kappa shape index (κ3) is 3.73. The minimum absolute atomic E-state index is 0.122. The van der Waals surface area contributed by atoms with E-state index in [-0.39, 0.29) is 18.1 Å². The summed E-state index contributed by atoms with van der Waals surface area (Å²) in [6.07, 6.45) is 3.02. The van der Waals surface area contributed by atoms with Crippen molar-refractivity contribution in [3.8, 4) is 0 Å². The molecule has 1 aromatic carbocycles. The van der Waals surface area contributed by atoms with Crippen molar-refractivity contribution in [2.75, 3.05) is 11.9 Å². The predicted molar refractivity (Wildman–Crippen MR) is 63.8 cm³/mol. The van der Waals surface area contributed by atoms with E-state index in [1.54, 1.807) is 6.08 Å². The summed E-state index contributed by atoms with van der Waals surface area (Å²) in [5.41, 5.74) is 1.16. The van der Waals surface area contributed by atoms with E-state index >= 15 is 0 Å². The highest BCUT2D eigenvalue weighted by Gasteiger charge is 2.07. The molecule has 3 N–H and O–H groups in total. The number of hydrogen-bond acceptors (Lipinski definition) is 3. The lowest BCUT2D eigenvalue weighted by Crippen LogP contribution is -2.08. The van der Waals surface area contributed by atoms with Gasteiger partial charge in [-0.25, -0.2) is 4.79 Å². The minimum atomic E-state index is -1.04. The highest BCUT2D eigenvalue weighted by molar-refractivity contribution is 5.94. The summed E-state index contributed by atoms with van der Waals surface area (Å²) in [6.45, 7) is 1.21. The largest absolute Gasteiger partial charge is 0.478 e. The van der Waals surface area contributed by atoms with Gasteiger partial charge in [0.05, 0.1) is 12.2 Å². The zero-order valence-electron chi connectivity index (χ0n) is 9.30. The number of rotatable bonds is 4. The summed E-state index contributed by atoms with van der Waals surface area (Å²) in [4.78, 5) is 21.8. The van der Waals surface area contributed by atoms with Crippen LogP contribution in [0.15, 0.2) is 24.3 Å². The summed E-state index contributed by atoms with van der Waals surface area (Å²) < 4.78 is 0. The molecule has 5 heteroatoms. The first-order valence-corrected chi connectivity index (χ1v) is 4.97. The van der Waals surface area contributed by atoms with Crippen LogP contribution in [0, 0.1) is 0 Å². The Labute approximate surface area is 98.4 Å². The number of amides is 1. The molecule has 0 heterocycles. The Balaban J connectivity index is 3.15. The van der Waals surface area contributed by atoms with Crippen LogP contribution < -0.4 is 5.32 Å². The molecule has 17 heavy (non-hydrogen) atoms. The smallest absolute Gasteiger partial charge is 0.335 e. The normalized spacial score (nSPS) is 10.5. The molecule has 90 valence electrons. The van der Waals surface area contributed by atoms with Crippen LogP contribution >= 0.6 is 0 Å². The number of aromatic carboxylic acids is 1. The highest BCUT2D eigenvalue weighted by Crippen LogP contribution is 2.19. The molecular weight excluding hydrogens is 222 g/mol. The van der Waals surface area contributed by atoms with Crippen molar-refractivity contribution in [3.05, 3.63) is 35.4 Å². The van der Waals surface area contributed by atoms with Crippen LogP contribution in [0.1, 0.15) is 22.8 Å². The number of carbonyl (C=O) groups is 2. The van der Waals surface area contributed by atoms with E-state index in [1.165, 1.54) is 31.2 Å². The summed E-state index contributed by atoms with van der Waals surface area (Å²) >= 11 is 0. The van der Waals surface area contributed by atoms with Gasteiger partial charge in [0.25, 0.3) is 0 Å². The van der Waals surface area contributed by atoms with Crippen molar-refractivity contribution in [3.63, 3.8) is 0 Å². The molecule has 0 aliphatic rings. The fourth-order valence-electron chi connectivity index (χ4n) is 1.32. The number of carboxylic acid groups (broad SMARTS) is 1. The molecule has 0 unspecified atom stereocenters. The lowest BCUT2D eigenvalue weighted by molar-refractivity contribution is -0.114. The molecule has 0 saturated heterocycles. The van der Waals surface area contributed by atoms with E-state index in [9.17, 15) is 9.59 Å². The van der Waals surface area contributed by atoms with E-state index in [2.05, 4.69) is 5.32 Å². The Morgan fingerprint density at radius 1 is 1.41 bits per heavy atom. The van der Waals surface area contributed by atoms with Crippen LogP contribution in [0.4, 0.5) is 5.69 Å². The van der Waals surface area contributed by atoms with E-state index < -0.39 is 5.97 Å². The standard InChI is InChI=1S/C12H13NO4/c1-8(15)13-11-5-4-10(12(16)17)7-9(11)3-2-6-14/h2-5,7,14H,6H2,1H3,(H,13,15)(H,16,17)/b3-2+. The van der Waals surface area contributed by atoms with E-state index in [1.807, 2.05) is 0 Å². The molecule has 1 amide bonds. The number of carboxylic acids is 1. The molecule has 0 aliphatic heterocycles. The van der Waals surface area contributed by atoms with Crippen LogP contribution in [0.5, 0.6) is 0 Å². The topological polar surface area (TPSA) is 86.6 Å². The number of benzene rings is 1. The Morgan fingerprint density at radius 2 is 2.12 bits per heavy atom. The molecule has 0 spiro atoms. The minimum Gasteiger partial charge on any atom is -0.478 e. The highest BCUT2D eigenvalue weighted by atomic mass is 16.4. The van der Waals surface area contributed by atoms with Gasteiger partial charge in [-0.15, -0.1) is 0 Å². The number of aliphatic hydroxyl groups excluding tert-OH is 1. The van der Waals surface area contributed by atoms with Gasteiger partial charge in [-0.3, -0.25) is 4.79 Å². The summed E-state index contributed by atoms with van der Waals surface area (Å²) in [6, 6.07) is 4.35. The SMILES string of the molecule is CC(=O)Nc1ccc(C(=O)O)cc1/C=C/CO. The van der Waals surface area contributed by atoms with E-state index in [0.717, 1.165) is 0 Å². The molecule has 0 fully saturated rings. The van der Waals surface area contributed by atoms with Gasteiger partial charge in [0.1, 0.15) is 0 Å². The lowest BCUT2D eigenvalue weighted by Gasteiger charge is -2.07. The zero-order valence-corrected chi connectivity index (χ0v) is 9.30. The molecule has 0 saturated carbocycles. The summed E-state index contributed by atoms with van der Waals surface area (Å²) in [5, 5.41) is 20.1. The van der Waals surface area contributed by atoms with E-state index in [4.69, 9.17) is 10.2 Å². The second-order valence-corrected chi connectivity index (χ2v) is 3.37. The monoisotopic (exact) mass is 235 g/mol. The summed E-state index contributed by atoms with van der Waals surface area (Å²) in [7, 11) is 0. The van der Waals surface area contributed by atoms with Gasteiger partial charge in [0.2, 0.25) is 5.91 Å². The van der Waals surface area contributed by atoms with Gasteiger partial charge in [-0.2, -0.15) is 0 Å². The van der Waals surface area contributed by atoms with Crippen LogP contribution in [-0.2, 0) is 4.79 Å². The number of aliphatic hydroxyl groups is 1. The van der Waals surface area contributed by atoms with Crippen LogP contribution in [0.3, 0.4) is 0 Å². The molecule has 1 rings (SSSR count). The average molecular weight is 235 g/mol. The molecule has 0 atom stereocenters. The van der Waals surface area contributed by atoms with Crippen molar-refractivity contribution < 1.29 is 19.8 Å². The Kier molecular flexibility index (Phi) is 4.42. The molecule has 0 radical (unpaired) electrons. The zero-order chi connectivity index (χ0) is 12.8. The van der Waals surface area contributed by atoms with Crippen molar-refractivity contribution in [1.82, 2.24) is 0 Å². The van der Waals surface area contributed by atoms with Gasteiger partial charge in [0.15, 0.2) is 0 Å². The van der Waals surface area contributed by atoms with Gasteiger partial charge >= 0.3 is 5.97 Å². The number of anilines is 1. The Morgan fingerprint density at radius 3 is 2.65 bits per heavy atom. The molecule has 0 aliphatic carbocycles. The molecule has 0 aromatic heterocycles. The summed E-state index contributed by atoms with van der Waals surface area (Å²) in [5.74, 6) is -1.29. The van der Waals surface area contributed by atoms with Crippen molar-refractivity contribution in [1.29, 1.82) is 0 Å². The van der Waals surface area contributed by atoms with Gasteiger partial charge in [-0.05, 0) is 23.8 Å². The first-order valence-electron chi connectivity index (χ1n) is 4.97. The van der Waals surface area contributed by atoms with Gasteiger partial charge in [-0.1, -0.05) is 12.2 Å². The lowest BCUT2D eigenvalue weighted by atomic mass is 10.1. The first-order chi connectivity index (χ1) is 8.04. The maximum Gasteiger partial charge on any atom is 0.335 e. The van der Waals surface area contributed by atoms with Crippen LogP contribution in [-0.4, -0.2) is 28.7 Å². The quantitative estimate of drug-likeness (QED) is 0.735. The van der Waals surface area contributed by atoms with Crippen molar-refractivity contribution in [2.24, 2.45) is 0 Å². The van der Waals surface area contributed by atoms with Gasteiger partial charge in [0, 0.05) is 12.6 Å². The molecule has 0 bridgehead atoms. The van der Waals surface area contributed by atoms with Crippen LogP contribution in [0.25, 0.3) is 6.08 Å². The molecule has 5 nitrogen and oxygen atoms in total.